The van der Waals surface area contributed by atoms with Gasteiger partial charge in [-0.25, -0.2) is 0 Å². The summed E-state index contributed by atoms with van der Waals surface area (Å²) in [4.78, 5) is 2.35. The second-order valence-electron chi connectivity index (χ2n) is 12.3. The molecule has 1 unspecified atom stereocenters. The van der Waals surface area contributed by atoms with E-state index in [4.69, 9.17) is 5.73 Å². The summed E-state index contributed by atoms with van der Waals surface area (Å²) in [7, 11) is 0. The molecular weight excluding hydrogens is 589 g/mol. The Morgan fingerprint density at radius 3 is 1.68 bits per heavy atom. The third-order valence-electron chi connectivity index (χ3n) is 9.62. The smallest absolute Gasteiger partial charge is 0.120 e. The van der Waals surface area contributed by atoms with Gasteiger partial charge in [0.05, 0.1) is 5.69 Å². The molecule has 9 rings (SSSR count). The fraction of sp³-hybridized carbons (Fsp3) is 0.0455. The van der Waals surface area contributed by atoms with E-state index in [0.29, 0.717) is 0 Å². The second-order valence-corrected chi connectivity index (χ2v) is 13.4. The number of nitrogens with two attached hydrogens (primary N) is 1. The summed E-state index contributed by atoms with van der Waals surface area (Å²) in [5, 5.41) is 9.72. The molecule has 1 aromatic heterocycles. The van der Waals surface area contributed by atoms with E-state index in [1.165, 1.54) is 70.4 Å². The summed E-state index contributed by atoms with van der Waals surface area (Å²) >= 11 is 1.76. The van der Waals surface area contributed by atoms with Gasteiger partial charge in [-0.05, 0) is 78.7 Å². The van der Waals surface area contributed by atoms with Crippen molar-refractivity contribution >= 4 is 70.0 Å². The van der Waals surface area contributed by atoms with Gasteiger partial charge in [0.15, 0.2) is 0 Å². The molecule has 0 radical (unpaired) electrons. The van der Waals surface area contributed by atoms with E-state index >= 15 is 0 Å². The van der Waals surface area contributed by atoms with Gasteiger partial charge in [0, 0.05) is 22.3 Å². The maximum atomic E-state index is 6.79. The van der Waals surface area contributed by atoms with Crippen molar-refractivity contribution in [3.63, 3.8) is 0 Å². The zero-order valence-corrected chi connectivity index (χ0v) is 26.8. The number of fused-ring (bicyclic) bond motifs is 4. The van der Waals surface area contributed by atoms with Crippen molar-refractivity contribution in [2.75, 3.05) is 10.6 Å². The molecule has 0 fully saturated rings. The maximum Gasteiger partial charge on any atom is 0.120 e. The second kappa shape index (κ2) is 11.0. The number of benzene rings is 7. The number of allylic oxidation sites excluding steroid dienone is 2. The molecule has 0 saturated heterocycles. The quantitative estimate of drug-likeness (QED) is 0.198. The van der Waals surface area contributed by atoms with Crippen LogP contribution in [0.15, 0.2) is 158 Å². The van der Waals surface area contributed by atoms with Crippen LogP contribution in [0.4, 0.5) is 10.7 Å². The summed E-state index contributed by atoms with van der Waals surface area (Å²) in [6.45, 7) is 2.23. The fourth-order valence-corrected chi connectivity index (χ4v) is 8.59. The summed E-state index contributed by atoms with van der Waals surface area (Å²) in [6.07, 6.45) is 6.90. The average molecular weight is 621 g/mol. The lowest BCUT2D eigenvalue weighted by molar-refractivity contribution is 0.860. The van der Waals surface area contributed by atoms with Gasteiger partial charge in [-0.15, -0.1) is 11.3 Å². The first kappa shape index (κ1) is 27.7. The van der Waals surface area contributed by atoms with Crippen molar-refractivity contribution in [2.45, 2.75) is 13.0 Å². The fourth-order valence-electron chi connectivity index (χ4n) is 7.40. The molecule has 0 aliphatic carbocycles. The zero-order valence-electron chi connectivity index (χ0n) is 26.0. The highest BCUT2D eigenvalue weighted by Crippen LogP contribution is 2.47. The van der Waals surface area contributed by atoms with Crippen molar-refractivity contribution in [1.29, 1.82) is 0 Å². The lowest BCUT2D eigenvalue weighted by Crippen LogP contribution is -2.28. The predicted molar refractivity (Wildman–Crippen MR) is 205 cm³/mol. The standard InChI is InChI=1S/C44H32N2S/c1-28-23-24-30(27-46(28)44-43(45)39-21-11-12-22-40(39)47-44)41-34-17-7-9-19-36(34)42(37-20-10-8-18-35(37)41)38-26-25-31(29-13-3-2-4-14-29)32-15-5-6-16-33(32)38/h2-28H,45H2,1H3. The Morgan fingerprint density at radius 2 is 1.04 bits per heavy atom. The minimum Gasteiger partial charge on any atom is -0.396 e. The maximum absolute atomic E-state index is 6.79. The zero-order chi connectivity index (χ0) is 31.5. The molecule has 2 heterocycles. The van der Waals surface area contributed by atoms with E-state index in [0.717, 1.165) is 16.1 Å². The number of anilines is 2. The van der Waals surface area contributed by atoms with Crippen LogP contribution in [0.1, 0.15) is 12.5 Å². The van der Waals surface area contributed by atoms with Crippen molar-refractivity contribution in [2.24, 2.45) is 0 Å². The van der Waals surface area contributed by atoms with Gasteiger partial charge in [-0.2, -0.15) is 0 Å². The Bertz CT molecular complexity index is 2500. The molecule has 0 bridgehead atoms. The van der Waals surface area contributed by atoms with Crippen molar-refractivity contribution < 1.29 is 0 Å². The molecule has 2 N–H and O–H groups in total. The van der Waals surface area contributed by atoms with Crippen molar-refractivity contribution in [3.05, 3.63) is 163 Å². The first-order chi connectivity index (χ1) is 23.2. The molecule has 8 aromatic rings. The number of rotatable bonds is 4. The first-order valence-corrected chi connectivity index (χ1v) is 17.0. The molecule has 7 aromatic carbocycles. The Balaban J connectivity index is 1.30. The molecule has 2 nitrogen and oxygen atoms in total. The normalized spacial score (nSPS) is 14.8. The van der Waals surface area contributed by atoms with Gasteiger partial charge in [0.1, 0.15) is 5.00 Å². The molecule has 0 spiro atoms. The SMILES string of the molecule is CC1C=CC(c2c3ccccc3c(-c3ccc(-c4ccccc4)c4ccccc34)c3ccccc23)=CN1c1sc2ccccc2c1N. The number of hydrogen-bond donors (Lipinski definition) is 1. The van der Waals surface area contributed by atoms with Crippen LogP contribution in [0.2, 0.25) is 0 Å². The summed E-state index contributed by atoms with van der Waals surface area (Å²) in [6, 6.07) is 50.6. The van der Waals surface area contributed by atoms with E-state index in [1.54, 1.807) is 11.3 Å². The first-order valence-electron chi connectivity index (χ1n) is 16.1. The van der Waals surface area contributed by atoms with Crippen LogP contribution in [-0.4, -0.2) is 6.04 Å². The van der Waals surface area contributed by atoms with E-state index in [2.05, 4.69) is 170 Å². The molecule has 0 amide bonds. The van der Waals surface area contributed by atoms with E-state index < -0.39 is 0 Å². The molecule has 224 valence electrons. The van der Waals surface area contributed by atoms with Crippen LogP contribution >= 0.6 is 11.3 Å². The largest absolute Gasteiger partial charge is 0.396 e. The molecule has 1 aliphatic heterocycles. The van der Waals surface area contributed by atoms with E-state index in [-0.39, 0.29) is 6.04 Å². The van der Waals surface area contributed by atoms with Crippen molar-refractivity contribution in [3.8, 4) is 22.3 Å². The molecule has 3 heteroatoms. The van der Waals surface area contributed by atoms with Crippen LogP contribution in [0.3, 0.4) is 0 Å². The molecule has 1 atom stereocenters. The third-order valence-corrected chi connectivity index (χ3v) is 10.8. The number of hydrogen-bond acceptors (Lipinski definition) is 3. The van der Waals surface area contributed by atoms with Crippen LogP contribution in [-0.2, 0) is 0 Å². The molecule has 1 aliphatic rings. The van der Waals surface area contributed by atoms with Gasteiger partial charge in [-0.1, -0.05) is 146 Å². The van der Waals surface area contributed by atoms with E-state index in [1.807, 2.05) is 0 Å². The highest BCUT2D eigenvalue weighted by Gasteiger charge is 2.24. The Morgan fingerprint density at radius 1 is 0.532 bits per heavy atom. The number of nitrogen functional groups attached to an aromatic ring is 1. The molecule has 0 saturated carbocycles. The van der Waals surface area contributed by atoms with Crippen LogP contribution in [0, 0.1) is 0 Å². The average Bonchev–Trinajstić information content (AvgIpc) is 3.46. The van der Waals surface area contributed by atoms with Gasteiger partial charge >= 0.3 is 0 Å². The van der Waals surface area contributed by atoms with Gasteiger partial charge in [-0.3, -0.25) is 0 Å². The van der Waals surface area contributed by atoms with Crippen LogP contribution < -0.4 is 10.6 Å². The topological polar surface area (TPSA) is 29.3 Å². The van der Waals surface area contributed by atoms with Crippen molar-refractivity contribution in [1.82, 2.24) is 0 Å². The highest BCUT2D eigenvalue weighted by atomic mass is 32.1. The monoisotopic (exact) mass is 620 g/mol. The molecular formula is C44H32N2S. The minimum absolute atomic E-state index is 0.181. The Labute approximate surface area is 278 Å². The van der Waals surface area contributed by atoms with Gasteiger partial charge in [0.2, 0.25) is 0 Å². The number of nitrogens with zero attached hydrogens (tertiary/aromatic N) is 1. The third kappa shape index (κ3) is 4.39. The van der Waals surface area contributed by atoms with Gasteiger partial charge < -0.3 is 10.6 Å². The summed E-state index contributed by atoms with van der Waals surface area (Å²) in [5.74, 6) is 0. The summed E-state index contributed by atoms with van der Waals surface area (Å²) < 4.78 is 1.21. The van der Waals surface area contributed by atoms with Gasteiger partial charge in [0.25, 0.3) is 0 Å². The minimum atomic E-state index is 0.181. The van der Waals surface area contributed by atoms with E-state index in [9.17, 15) is 0 Å². The molecule has 47 heavy (non-hydrogen) atoms. The predicted octanol–water partition coefficient (Wildman–Crippen LogP) is 12.1. The highest BCUT2D eigenvalue weighted by molar-refractivity contribution is 7.23. The van der Waals surface area contributed by atoms with Crippen LogP contribution in [0.25, 0.3) is 70.2 Å². The summed E-state index contributed by atoms with van der Waals surface area (Å²) in [5.41, 5.74) is 15.1. The lowest BCUT2D eigenvalue weighted by atomic mass is 9.83. The number of thiophene rings is 1. The lowest BCUT2D eigenvalue weighted by Gasteiger charge is -2.30. The Kier molecular flexibility index (Phi) is 6.48. The Hall–Kier alpha value is -5.64. The van der Waals surface area contributed by atoms with Crippen LogP contribution in [0.5, 0.6) is 0 Å².